The van der Waals surface area contributed by atoms with Gasteiger partial charge in [-0.05, 0) is 25.6 Å². The zero-order chi connectivity index (χ0) is 14.1. The highest BCUT2D eigenvalue weighted by molar-refractivity contribution is 7.83. The van der Waals surface area contributed by atoms with Crippen LogP contribution in [0.3, 0.4) is 0 Å². The number of nitrogens with one attached hydrogen (secondary N) is 1. The van der Waals surface area contributed by atoms with E-state index < -0.39 is 11.0 Å². The molecule has 5 heteroatoms. The minimum absolute atomic E-state index is 0.268. The summed E-state index contributed by atoms with van der Waals surface area (Å²) >= 11 is 0. The number of nitrogens with zero attached hydrogens (tertiary/aromatic N) is 1. The van der Waals surface area contributed by atoms with Crippen molar-refractivity contribution in [2.24, 2.45) is 0 Å². The molecule has 2 atom stereocenters. The maximum Gasteiger partial charge on any atom is 0.131 e. The van der Waals surface area contributed by atoms with Crippen molar-refractivity contribution < 1.29 is 8.60 Å². The van der Waals surface area contributed by atoms with Crippen molar-refractivity contribution in [3.8, 4) is 0 Å². The molecule has 0 amide bonds. The van der Waals surface area contributed by atoms with Gasteiger partial charge < -0.3 is 5.32 Å². The van der Waals surface area contributed by atoms with Gasteiger partial charge in [-0.3, -0.25) is 0 Å². The Morgan fingerprint density at radius 3 is 2.70 bits per heavy atom. The zero-order valence-electron chi connectivity index (χ0n) is 11.3. The quantitative estimate of drug-likeness (QED) is 0.941. The zero-order valence-corrected chi connectivity index (χ0v) is 12.1. The SMILES string of the molecule is CN[C@@H]1CCN(S(=O)c2ccc(F)c3ccccc23)C1. The monoisotopic (exact) mass is 292 g/mol. The first-order valence-corrected chi connectivity index (χ1v) is 7.82. The minimum atomic E-state index is -1.24. The number of halogens is 1. The van der Waals surface area contributed by atoms with Gasteiger partial charge in [0.25, 0.3) is 0 Å². The third-order valence-electron chi connectivity index (χ3n) is 3.81. The summed E-state index contributed by atoms with van der Waals surface area (Å²) < 4.78 is 28.5. The van der Waals surface area contributed by atoms with E-state index in [1.54, 1.807) is 18.2 Å². The molecule has 1 heterocycles. The van der Waals surface area contributed by atoms with Crippen molar-refractivity contribution in [1.82, 2.24) is 9.62 Å². The molecule has 3 nitrogen and oxygen atoms in total. The van der Waals surface area contributed by atoms with Crippen LogP contribution in [-0.2, 0) is 11.0 Å². The second-order valence-electron chi connectivity index (χ2n) is 5.00. The molecule has 0 radical (unpaired) electrons. The van der Waals surface area contributed by atoms with E-state index in [0.29, 0.717) is 16.3 Å². The Morgan fingerprint density at radius 2 is 2.00 bits per heavy atom. The first kappa shape index (κ1) is 13.7. The molecule has 3 rings (SSSR count). The molecule has 106 valence electrons. The Bertz CT molecular complexity index is 661. The first-order valence-electron chi connectivity index (χ1n) is 6.72. The standard InChI is InChI=1S/C15H17FN2OS/c1-17-11-8-9-18(10-11)20(19)15-7-6-14(16)12-4-2-3-5-13(12)15/h2-7,11,17H,8-10H2,1H3/t11-,20?/m1/s1. The van der Waals surface area contributed by atoms with Gasteiger partial charge in [0.15, 0.2) is 0 Å². The van der Waals surface area contributed by atoms with E-state index in [9.17, 15) is 8.60 Å². The highest BCUT2D eigenvalue weighted by Gasteiger charge is 2.27. The molecule has 0 bridgehead atoms. The molecule has 2 aromatic rings. The fraction of sp³-hybridized carbons (Fsp3) is 0.333. The predicted octanol–water partition coefficient (Wildman–Crippen LogP) is 2.30. The van der Waals surface area contributed by atoms with Crippen molar-refractivity contribution >= 4 is 21.8 Å². The highest BCUT2D eigenvalue weighted by Crippen LogP contribution is 2.27. The molecule has 0 saturated carbocycles. The Hall–Kier alpha value is -1.30. The normalized spacial score (nSPS) is 21.4. The second kappa shape index (κ2) is 5.60. The van der Waals surface area contributed by atoms with Crippen LogP contribution in [0.2, 0.25) is 0 Å². The summed E-state index contributed by atoms with van der Waals surface area (Å²) in [7, 11) is 0.684. The Balaban J connectivity index is 1.98. The average Bonchev–Trinajstić information content (AvgIpc) is 2.96. The van der Waals surface area contributed by atoms with E-state index in [-0.39, 0.29) is 5.82 Å². The van der Waals surface area contributed by atoms with Crippen LogP contribution in [0.1, 0.15) is 6.42 Å². The van der Waals surface area contributed by atoms with Crippen LogP contribution >= 0.6 is 0 Å². The third-order valence-corrected chi connectivity index (χ3v) is 5.35. The first-order chi connectivity index (χ1) is 9.70. The Morgan fingerprint density at radius 1 is 1.25 bits per heavy atom. The van der Waals surface area contributed by atoms with E-state index in [1.807, 2.05) is 23.5 Å². The lowest BCUT2D eigenvalue weighted by atomic mass is 10.1. The third kappa shape index (κ3) is 2.37. The molecule has 1 aliphatic rings. The van der Waals surface area contributed by atoms with Crippen LogP contribution in [0.5, 0.6) is 0 Å². The van der Waals surface area contributed by atoms with Gasteiger partial charge in [0.1, 0.15) is 16.8 Å². The van der Waals surface area contributed by atoms with Gasteiger partial charge in [-0.2, -0.15) is 0 Å². The van der Waals surface area contributed by atoms with E-state index >= 15 is 0 Å². The van der Waals surface area contributed by atoms with E-state index in [2.05, 4.69) is 5.32 Å². The smallest absolute Gasteiger partial charge is 0.131 e. The summed E-state index contributed by atoms with van der Waals surface area (Å²) in [6.45, 7) is 1.55. The van der Waals surface area contributed by atoms with Crippen LogP contribution < -0.4 is 5.32 Å². The summed E-state index contributed by atoms with van der Waals surface area (Å²) in [6.07, 6.45) is 0.987. The largest absolute Gasteiger partial charge is 0.316 e. The van der Waals surface area contributed by atoms with E-state index in [4.69, 9.17) is 0 Å². The Labute approximate surface area is 120 Å². The van der Waals surface area contributed by atoms with Gasteiger partial charge >= 0.3 is 0 Å². The van der Waals surface area contributed by atoms with E-state index in [0.717, 1.165) is 24.9 Å². The molecule has 2 aromatic carbocycles. The summed E-state index contributed by atoms with van der Waals surface area (Å²) in [4.78, 5) is 0.693. The molecule has 1 saturated heterocycles. The lowest BCUT2D eigenvalue weighted by molar-refractivity contribution is 0.511. The van der Waals surface area contributed by atoms with Crippen LogP contribution in [0, 0.1) is 5.82 Å². The highest BCUT2D eigenvalue weighted by atomic mass is 32.2. The fourth-order valence-corrected chi connectivity index (χ4v) is 4.06. The molecule has 1 N–H and O–H groups in total. The summed E-state index contributed by atoms with van der Waals surface area (Å²) in [5.41, 5.74) is 0. The predicted molar refractivity (Wildman–Crippen MR) is 79.4 cm³/mol. The van der Waals surface area contributed by atoms with Gasteiger partial charge in [0.05, 0.1) is 4.90 Å². The van der Waals surface area contributed by atoms with Crippen LogP contribution in [-0.4, -0.2) is 34.7 Å². The van der Waals surface area contributed by atoms with Crippen LogP contribution in [0.4, 0.5) is 4.39 Å². The second-order valence-corrected chi connectivity index (χ2v) is 6.46. The summed E-state index contributed by atoms with van der Waals surface area (Å²) in [5.74, 6) is -0.268. The molecular weight excluding hydrogens is 275 g/mol. The van der Waals surface area contributed by atoms with Crippen molar-refractivity contribution in [2.75, 3.05) is 20.1 Å². The van der Waals surface area contributed by atoms with Crippen molar-refractivity contribution in [2.45, 2.75) is 17.4 Å². The fourth-order valence-electron chi connectivity index (χ4n) is 2.64. The molecule has 1 fully saturated rings. The van der Waals surface area contributed by atoms with Gasteiger partial charge in [0.2, 0.25) is 0 Å². The van der Waals surface area contributed by atoms with E-state index in [1.165, 1.54) is 6.07 Å². The minimum Gasteiger partial charge on any atom is -0.316 e. The van der Waals surface area contributed by atoms with Crippen molar-refractivity contribution in [3.63, 3.8) is 0 Å². The number of benzene rings is 2. The number of rotatable bonds is 3. The molecule has 0 aromatic heterocycles. The molecular formula is C15H17FN2OS. The van der Waals surface area contributed by atoms with Crippen molar-refractivity contribution in [3.05, 3.63) is 42.2 Å². The summed E-state index contributed by atoms with van der Waals surface area (Å²) in [6, 6.07) is 10.6. The Kier molecular flexibility index (Phi) is 3.83. The van der Waals surface area contributed by atoms with Crippen LogP contribution in [0.15, 0.2) is 41.3 Å². The van der Waals surface area contributed by atoms with Gasteiger partial charge in [-0.1, -0.05) is 24.3 Å². The maximum atomic E-state index is 13.8. The van der Waals surface area contributed by atoms with Crippen LogP contribution in [0.25, 0.3) is 10.8 Å². The molecule has 20 heavy (non-hydrogen) atoms. The molecule has 0 spiro atoms. The lowest BCUT2D eigenvalue weighted by Gasteiger charge is -2.16. The number of hydrogen-bond donors (Lipinski definition) is 1. The molecule has 1 unspecified atom stereocenters. The van der Waals surface area contributed by atoms with Gasteiger partial charge in [-0.15, -0.1) is 0 Å². The lowest BCUT2D eigenvalue weighted by Crippen LogP contribution is -2.30. The van der Waals surface area contributed by atoms with Crippen molar-refractivity contribution in [1.29, 1.82) is 0 Å². The maximum absolute atomic E-state index is 13.8. The van der Waals surface area contributed by atoms with Gasteiger partial charge in [0, 0.05) is 29.9 Å². The summed E-state index contributed by atoms with van der Waals surface area (Å²) in [5, 5.41) is 4.48. The average molecular weight is 292 g/mol. The number of hydrogen-bond acceptors (Lipinski definition) is 2. The molecule has 1 aliphatic heterocycles. The van der Waals surface area contributed by atoms with Gasteiger partial charge in [-0.25, -0.2) is 12.9 Å². The topological polar surface area (TPSA) is 32.3 Å². The number of likely N-dealkylation sites (N-methyl/N-ethyl adjacent to an activating group) is 1. The number of fused-ring (bicyclic) bond motifs is 1. The molecule has 0 aliphatic carbocycles.